The molecule has 1 saturated heterocycles. The third kappa shape index (κ3) is 2.57. The van der Waals surface area contributed by atoms with E-state index in [0.717, 1.165) is 19.5 Å². The Hall–Kier alpha value is -1.35. The molecule has 1 atom stereocenters. The molecule has 80 valence electrons. The molecule has 0 saturated carbocycles. The van der Waals surface area contributed by atoms with E-state index in [1.807, 2.05) is 6.07 Å². The van der Waals surface area contributed by atoms with Gasteiger partial charge in [-0.3, -0.25) is 9.69 Å². The number of nitrogens with two attached hydrogens (primary N) is 1. The molecule has 1 aliphatic heterocycles. The van der Waals surface area contributed by atoms with Crippen LogP contribution < -0.4 is 5.73 Å². The summed E-state index contributed by atoms with van der Waals surface area (Å²) >= 11 is 0. The lowest BCUT2D eigenvalue weighted by Gasteiger charge is -2.13. The molecule has 2 rings (SSSR count). The van der Waals surface area contributed by atoms with Gasteiger partial charge >= 0.3 is 0 Å². The molecule has 15 heavy (non-hydrogen) atoms. The molecule has 0 aromatic heterocycles. The first-order valence-electron chi connectivity index (χ1n) is 5.31. The van der Waals surface area contributed by atoms with E-state index in [2.05, 4.69) is 29.2 Å². The second-order valence-electron chi connectivity index (χ2n) is 4.10. The molecule has 1 aromatic rings. The van der Waals surface area contributed by atoms with E-state index in [4.69, 9.17) is 5.73 Å². The number of likely N-dealkylation sites (tertiary alicyclic amines) is 1. The van der Waals surface area contributed by atoms with E-state index >= 15 is 0 Å². The van der Waals surface area contributed by atoms with Gasteiger partial charge in [0.15, 0.2) is 0 Å². The Bertz CT molecular complexity index is 337. The summed E-state index contributed by atoms with van der Waals surface area (Å²) in [5.41, 5.74) is 6.54. The molecule has 1 heterocycles. The maximum Gasteiger partial charge on any atom is 0.231 e. The molecule has 0 aliphatic carbocycles. The van der Waals surface area contributed by atoms with Crippen molar-refractivity contribution in [2.75, 3.05) is 19.6 Å². The Morgan fingerprint density at radius 3 is 2.80 bits per heavy atom. The van der Waals surface area contributed by atoms with Gasteiger partial charge in [-0.2, -0.15) is 0 Å². The van der Waals surface area contributed by atoms with E-state index < -0.39 is 0 Å². The topological polar surface area (TPSA) is 46.3 Å². The van der Waals surface area contributed by atoms with Crippen LogP contribution in [0, 0.1) is 0 Å². The third-order valence-electron chi connectivity index (χ3n) is 2.92. The highest BCUT2D eigenvalue weighted by atomic mass is 16.1. The predicted molar refractivity (Wildman–Crippen MR) is 59.4 cm³/mol. The smallest absolute Gasteiger partial charge is 0.231 e. The van der Waals surface area contributed by atoms with Crippen molar-refractivity contribution in [1.82, 2.24) is 4.90 Å². The van der Waals surface area contributed by atoms with Gasteiger partial charge in [0.2, 0.25) is 5.91 Å². The van der Waals surface area contributed by atoms with Crippen molar-refractivity contribution in [3.8, 4) is 0 Å². The van der Waals surface area contributed by atoms with Gasteiger partial charge in [-0.05, 0) is 24.4 Å². The van der Waals surface area contributed by atoms with Crippen molar-refractivity contribution in [3.05, 3.63) is 35.9 Å². The van der Waals surface area contributed by atoms with Gasteiger partial charge in [0, 0.05) is 6.54 Å². The lowest BCUT2D eigenvalue weighted by atomic mass is 9.99. The largest absolute Gasteiger partial charge is 0.369 e. The van der Waals surface area contributed by atoms with E-state index in [-0.39, 0.29) is 5.91 Å². The lowest BCUT2D eigenvalue weighted by molar-refractivity contribution is -0.118. The summed E-state index contributed by atoms with van der Waals surface area (Å²) in [5.74, 6) is 0.328. The zero-order chi connectivity index (χ0) is 10.7. The van der Waals surface area contributed by atoms with Crippen molar-refractivity contribution in [2.24, 2.45) is 5.73 Å². The third-order valence-corrected chi connectivity index (χ3v) is 2.92. The Labute approximate surface area is 89.9 Å². The molecule has 1 fully saturated rings. The normalized spacial score (nSPS) is 21.7. The van der Waals surface area contributed by atoms with Crippen LogP contribution in [0.3, 0.4) is 0 Å². The summed E-state index contributed by atoms with van der Waals surface area (Å²) < 4.78 is 0. The fraction of sp³-hybridized carbons (Fsp3) is 0.417. The number of hydrogen-bond donors (Lipinski definition) is 1. The van der Waals surface area contributed by atoms with Crippen LogP contribution in [-0.2, 0) is 4.79 Å². The molecule has 2 N–H and O–H groups in total. The van der Waals surface area contributed by atoms with E-state index in [0.29, 0.717) is 12.5 Å². The van der Waals surface area contributed by atoms with E-state index in [9.17, 15) is 4.79 Å². The van der Waals surface area contributed by atoms with Crippen LogP contribution in [0.25, 0.3) is 0 Å². The first-order valence-corrected chi connectivity index (χ1v) is 5.31. The number of benzene rings is 1. The average molecular weight is 204 g/mol. The van der Waals surface area contributed by atoms with Crippen LogP contribution in [0.1, 0.15) is 17.9 Å². The molecular formula is C12H16N2O. The van der Waals surface area contributed by atoms with Crippen molar-refractivity contribution in [2.45, 2.75) is 12.3 Å². The van der Waals surface area contributed by atoms with Crippen LogP contribution >= 0.6 is 0 Å². The van der Waals surface area contributed by atoms with Crippen molar-refractivity contribution < 1.29 is 4.79 Å². The minimum absolute atomic E-state index is 0.233. The molecule has 1 aromatic carbocycles. The van der Waals surface area contributed by atoms with Gasteiger partial charge in [0.25, 0.3) is 0 Å². The van der Waals surface area contributed by atoms with Gasteiger partial charge < -0.3 is 5.73 Å². The highest BCUT2D eigenvalue weighted by molar-refractivity contribution is 5.75. The molecule has 0 spiro atoms. The van der Waals surface area contributed by atoms with Crippen molar-refractivity contribution in [1.29, 1.82) is 0 Å². The Morgan fingerprint density at radius 2 is 2.13 bits per heavy atom. The maximum absolute atomic E-state index is 10.8. The minimum Gasteiger partial charge on any atom is -0.369 e. The fourth-order valence-electron chi connectivity index (χ4n) is 2.19. The molecule has 0 bridgehead atoms. The number of amides is 1. The molecular weight excluding hydrogens is 188 g/mol. The molecule has 1 aliphatic rings. The van der Waals surface area contributed by atoms with Gasteiger partial charge in [0.1, 0.15) is 0 Å². The van der Waals surface area contributed by atoms with Gasteiger partial charge in [-0.1, -0.05) is 30.3 Å². The Balaban J connectivity index is 1.96. The van der Waals surface area contributed by atoms with Gasteiger partial charge in [-0.15, -0.1) is 0 Å². The molecule has 1 amide bonds. The number of carbonyl (C=O) groups excluding carboxylic acids is 1. The number of hydrogen-bond acceptors (Lipinski definition) is 2. The van der Waals surface area contributed by atoms with Crippen LogP contribution in [0.2, 0.25) is 0 Å². The molecule has 0 radical (unpaired) electrons. The highest BCUT2D eigenvalue weighted by Crippen LogP contribution is 2.26. The molecule has 3 nitrogen and oxygen atoms in total. The van der Waals surface area contributed by atoms with Crippen molar-refractivity contribution in [3.63, 3.8) is 0 Å². The van der Waals surface area contributed by atoms with E-state index in [1.165, 1.54) is 5.56 Å². The Kier molecular flexibility index (Phi) is 3.02. The monoisotopic (exact) mass is 204 g/mol. The summed E-state index contributed by atoms with van der Waals surface area (Å²) in [5, 5.41) is 0. The quantitative estimate of drug-likeness (QED) is 0.797. The lowest BCUT2D eigenvalue weighted by Crippen LogP contribution is -2.31. The SMILES string of the molecule is NC(=O)CN1CCC(c2ccccc2)C1. The van der Waals surface area contributed by atoms with Crippen LogP contribution in [0.15, 0.2) is 30.3 Å². The summed E-state index contributed by atoms with van der Waals surface area (Å²) in [6.45, 7) is 2.32. The number of primary amides is 1. The first-order chi connectivity index (χ1) is 7.25. The second-order valence-corrected chi connectivity index (χ2v) is 4.10. The summed E-state index contributed by atoms with van der Waals surface area (Å²) in [7, 11) is 0. The first kappa shape index (κ1) is 10.2. The summed E-state index contributed by atoms with van der Waals surface area (Å²) in [6.07, 6.45) is 1.12. The minimum atomic E-state index is -0.233. The summed E-state index contributed by atoms with van der Waals surface area (Å²) in [6, 6.07) is 10.5. The Morgan fingerprint density at radius 1 is 1.40 bits per heavy atom. The van der Waals surface area contributed by atoms with Crippen molar-refractivity contribution >= 4 is 5.91 Å². The fourth-order valence-corrected chi connectivity index (χ4v) is 2.19. The average Bonchev–Trinajstić information content (AvgIpc) is 2.67. The van der Waals surface area contributed by atoms with E-state index in [1.54, 1.807) is 0 Å². The van der Waals surface area contributed by atoms with Crippen LogP contribution in [0.5, 0.6) is 0 Å². The highest BCUT2D eigenvalue weighted by Gasteiger charge is 2.24. The molecule has 3 heteroatoms. The number of carbonyl (C=O) groups is 1. The standard InChI is InChI=1S/C12H16N2O/c13-12(15)9-14-7-6-11(8-14)10-4-2-1-3-5-10/h1-5,11H,6-9H2,(H2,13,15). The molecule has 1 unspecified atom stereocenters. The van der Waals surface area contributed by atoms with Crippen LogP contribution in [-0.4, -0.2) is 30.4 Å². The maximum atomic E-state index is 10.8. The number of nitrogens with zero attached hydrogens (tertiary/aromatic N) is 1. The second kappa shape index (κ2) is 4.45. The van der Waals surface area contributed by atoms with Crippen LogP contribution in [0.4, 0.5) is 0 Å². The zero-order valence-electron chi connectivity index (χ0n) is 8.73. The zero-order valence-corrected chi connectivity index (χ0v) is 8.73. The van der Waals surface area contributed by atoms with Gasteiger partial charge in [-0.25, -0.2) is 0 Å². The number of rotatable bonds is 3. The summed E-state index contributed by atoms with van der Waals surface area (Å²) in [4.78, 5) is 12.9. The van der Waals surface area contributed by atoms with Gasteiger partial charge in [0.05, 0.1) is 6.54 Å². The predicted octanol–water partition coefficient (Wildman–Crippen LogP) is 0.961.